The van der Waals surface area contributed by atoms with Crippen molar-refractivity contribution in [3.8, 4) is 17.6 Å². The van der Waals surface area contributed by atoms with Gasteiger partial charge in [-0.15, -0.1) is 0 Å². The van der Waals surface area contributed by atoms with Crippen molar-refractivity contribution in [3.05, 3.63) is 47.7 Å². The summed E-state index contributed by atoms with van der Waals surface area (Å²) in [6.45, 7) is 1.19. The van der Waals surface area contributed by atoms with Crippen molar-refractivity contribution in [2.75, 3.05) is 18.2 Å². The average Bonchev–Trinajstić information content (AvgIpc) is 3.22. The van der Waals surface area contributed by atoms with Crippen molar-refractivity contribution < 1.29 is 9.47 Å². The summed E-state index contributed by atoms with van der Waals surface area (Å²) < 4.78 is 10.8. The molecule has 0 N–H and O–H groups in total. The highest BCUT2D eigenvalue weighted by Gasteiger charge is 2.29. The summed E-state index contributed by atoms with van der Waals surface area (Å²) in [6, 6.07) is 12.1. The SMILES string of the molecule is N#Cc1cccnc1N1CCC[C@H]1c1ccc2c(c1)OCO2. The van der Waals surface area contributed by atoms with Crippen LogP contribution in [0.4, 0.5) is 5.82 Å². The Labute approximate surface area is 128 Å². The maximum Gasteiger partial charge on any atom is 0.231 e. The fourth-order valence-electron chi connectivity index (χ4n) is 3.20. The van der Waals surface area contributed by atoms with Gasteiger partial charge in [-0.3, -0.25) is 0 Å². The van der Waals surface area contributed by atoms with Gasteiger partial charge in [0.15, 0.2) is 11.5 Å². The standard InChI is InChI=1S/C17H15N3O2/c18-10-13-3-1-7-19-17(13)20-8-2-4-14(20)12-5-6-15-16(9-12)22-11-21-15/h1,3,5-7,9,14H,2,4,8,11H2/t14-/m0/s1. The number of aromatic nitrogens is 1. The largest absolute Gasteiger partial charge is 0.454 e. The van der Waals surface area contributed by atoms with E-state index in [0.717, 1.165) is 36.7 Å². The number of fused-ring (bicyclic) bond motifs is 1. The summed E-state index contributed by atoms with van der Waals surface area (Å²) in [5, 5.41) is 9.31. The zero-order chi connectivity index (χ0) is 14.9. The third kappa shape index (κ3) is 2.04. The molecule has 5 heteroatoms. The van der Waals surface area contributed by atoms with Gasteiger partial charge in [0.05, 0.1) is 11.6 Å². The normalized spacial score (nSPS) is 19.2. The monoisotopic (exact) mass is 293 g/mol. The number of hydrogen-bond donors (Lipinski definition) is 0. The van der Waals surface area contributed by atoms with Gasteiger partial charge in [0.25, 0.3) is 0 Å². The van der Waals surface area contributed by atoms with E-state index in [0.29, 0.717) is 5.56 Å². The first-order chi connectivity index (χ1) is 10.9. The molecule has 0 bridgehead atoms. The predicted octanol–water partition coefficient (Wildman–Crippen LogP) is 3.02. The summed E-state index contributed by atoms with van der Waals surface area (Å²) in [5.74, 6) is 2.36. The number of anilines is 1. The van der Waals surface area contributed by atoms with Crippen molar-refractivity contribution in [3.63, 3.8) is 0 Å². The topological polar surface area (TPSA) is 58.4 Å². The van der Waals surface area contributed by atoms with E-state index in [4.69, 9.17) is 9.47 Å². The van der Waals surface area contributed by atoms with E-state index in [2.05, 4.69) is 22.0 Å². The fraction of sp³-hybridized carbons (Fsp3) is 0.294. The molecule has 110 valence electrons. The molecule has 4 rings (SSSR count). The predicted molar refractivity (Wildman–Crippen MR) is 80.8 cm³/mol. The Hall–Kier alpha value is -2.74. The Morgan fingerprint density at radius 2 is 2.14 bits per heavy atom. The minimum absolute atomic E-state index is 0.219. The molecule has 1 fully saturated rings. The van der Waals surface area contributed by atoms with E-state index in [-0.39, 0.29) is 12.8 Å². The number of benzene rings is 1. The molecule has 0 aliphatic carbocycles. The highest BCUT2D eigenvalue weighted by atomic mass is 16.7. The van der Waals surface area contributed by atoms with E-state index >= 15 is 0 Å². The lowest BCUT2D eigenvalue weighted by Crippen LogP contribution is -2.24. The second kappa shape index (κ2) is 5.23. The molecular formula is C17H15N3O2. The Morgan fingerprint density at radius 3 is 3.05 bits per heavy atom. The molecule has 3 heterocycles. The van der Waals surface area contributed by atoms with Gasteiger partial charge in [0.1, 0.15) is 11.9 Å². The Bertz CT molecular complexity index is 754. The van der Waals surface area contributed by atoms with Crippen LogP contribution in [0.5, 0.6) is 11.5 Å². The van der Waals surface area contributed by atoms with Crippen molar-refractivity contribution in [2.45, 2.75) is 18.9 Å². The maximum absolute atomic E-state index is 9.31. The van der Waals surface area contributed by atoms with E-state index in [1.54, 1.807) is 12.3 Å². The van der Waals surface area contributed by atoms with Crippen LogP contribution >= 0.6 is 0 Å². The highest BCUT2D eigenvalue weighted by Crippen LogP contribution is 2.40. The summed E-state index contributed by atoms with van der Waals surface area (Å²) >= 11 is 0. The van der Waals surface area contributed by atoms with Crippen LogP contribution in [0, 0.1) is 11.3 Å². The first-order valence-electron chi connectivity index (χ1n) is 7.38. The molecule has 2 aliphatic heterocycles. The smallest absolute Gasteiger partial charge is 0.231 e. The van der Waals surface area contributed by atoms with Gasteiger partial charge in [0.2, 0.25) is 6.79 Å². The zero-order valence-corrected chi connectivity index (χ0v) is 12.0. The van der Waals surface area contributed by atoms with Gasteiger partial charge in [-0.25, -0.2) is 4.98 Å². The molecule has 0 unspecified atom stereocenters. The van der Waals surface area contributed by atoms with E-state index in [1.165, 1.54) is 5.56 Å². The van der Waals surface area contributed by atoms with Crippen molar-refractivity contribution in [1.82, 2.24) is 4.98 Å². The van der Waals surface area contributed by atoms with Gasteiger partial charge < -0.3 is 14.4 Å². The van der Waals surface area contributed by atoms with Crippen molar-refractivity contribution >= 4 is 5.82 Å². The minimum Gasteiger partial charge on any atom is -0.454 e. The first kappa shape index (κ1) is 13.0. The number of pyridine rings is 1. The quantitative estimate of drug-likeness (QED) is 0.852. The van der Waals surface area contributed by atoms with Gasteiger partial charge in [0, 0.05) is 12.7 Å². The second-order valence-corrected chi connectivity index (χ2v) is 5.45. The number of hydrogen-bond acceptors (Lipinski definition) is 5. The molecule has 22 heavy (non-hydrogen) atoms. The Morgan fingerprint density at radius 1 is 1.23 bits per heavy atom. The van der Waals surface area contributed by atoms with Crippen LogP contribution in [-0.2, 0) is 0 Å². The van der Waals surface area contributed by atoms with Gasteiger partial charge in [-0.2, -0.15) is 5.26 Å². The van der Waals surface area contributed by atoms with Gasteiger partial charge >= 0.3 is 0 Å². The van der Waals surface area contributed by atoms with Crippen molar-refractivity contribution in [2.24, 2.45) is 0 Å². The number of rotatable bonds is 2. The number of nitriles is 1. The summed E-state index contributed by atoms with van der Waals surface area (Å²) in [7, 11) is 0. The van der Waals surface area contributed by atoms with Gasteiger partial charge in [-0.05, 0) is 42.7 Å². The minimum atomic E-state index is 0.219. The van der Waals surface area contributed by atoms with Crippen molar-refractivity contribution in [1.29, 1.82) is 5.26 Å². The molecule has 0 amide bonds. The molecule has 5 nitrogen and oxygen atoms in total. The van der Waals surface area contributed by atoms with Crippen LogP contribution in [0.25, 0.3) is 0 Å². The molecular weight excluding hydrogens is 278 g/mol. The van der Waals surface area contributed by atoms with Crippen LogP contribution in [0.2, 0.25) is 0 Å². The molecule has 1 aromatic carbocycles. The lowest BCUT2D eigenvalue weighted by molar-refractivity contribution is 0.174. The third-order valence-corrected chi connectivity index (χ3v) is 4.21. The van der Waals surface area contributed by atoms with E-state index in [9.17, 15) is 5.26 Å². The van der Waals surface area contributed by atoms with E-state index < -0.39 is 0 Å². The Kier molecular flexibility index (Phi) is 3.08. The highest BCUT2D eigenvalue weighted by molar-refractivity contribution is 5.56. The van der Waals surface area contributed by atoms with Crippen LogP contribution < -0.4 is 14.4 Å². The number of ether oxygens (including phenoxy) is 2. The average molecular weight is 293 g/mol. The lowest BCUT2D eigenvalue weighted by atomic mass is 10.0. The summed E-state index contributed by atoms with van der Waals surface area (Å²) in [4.78, 5) is 6.65. The zero-order valence-electron chi connectivity index (χ0n) is 12.0. The molecule has 1 aromatic heterocycles. The second-order valence-electron chi connectivity index (χ2n) is 5.45. The molecule has 2 aromatic rings. The molecule has 0 saturated carbocycles. The summed E-state index contributed by atoms with van der Waals surface area (Å²) in [5.41, 5.74) is 1.80. The van der Waals surface area contributed by atoms with Crippen LogP contribution in [0.1, 0.15) is 30.0 Å². The number of nitrogens with zero attached hydrogens (tertiary/aromatic N) is 3. The summed E-state index contributed by atoms with van der Waals surface area (Å²) in [6.07, 6.45) is 3.87. The molecule has 0 radical (unpaired) electrons. The molecule has 0 spiro atoms. The first-order valence-corrected chi connectivity index (χ1v) is 7.38. The Balaban J connectivity index is 1.71. The van der Waals surface area contributed by atoms with Crippen LogP contribution in [0.15, 0.2) is 36.5 Å². The fourth-order valence-corrected chi connectivity index (χ4v) is 3.20. The molecule has 1 atom stereocenters. The van der Waals surface area contributed by atoms with Crippen LogP contribution in [0.3, 0.4) is 0 Å². The van der Waals surface area contributed by atoms with E-state index in [1.807, 2.05) is 18.2 Å². The van der Waals surface area contributed by atoms with Gasteiger partial charge in [-0.1, -0.05) is 6.07 Å². The maximum atomic E-state index is 9.31. The lowest BCUT2D eigenvalue weighted by Gasteiger charge is -2.26. The molecule has 1 saturated heterocycles. The molecule has 2 aliphatic rings. The van der Waals surface area contributed by atoms with Crippen LogP contribution in [-0.4, -0.2) is 18.3 Å². The third-order valence-electron chi connectivity index (χ3n) is 4.21.